The van der Waals surface area contributed by atoms with Gasteiger partial charge in [-0.3, -0.25) is 0 Å². The van der Waals surface area contributed by atoms with Gasteiger partial charge in [-0.1, -0.05) is 30.3 Å². The Morgan fingerprint density at radius 2 is 2.10 bits per heavy atom. The average molecular weight is 424 g/mol. The number of nitrogens with one attached hydrogen (secondary N) is 3. The summed E-state index contributed by atoms with van der Waals surface area (Å²) in [6.45, 7) is 2.98. The summed E-state index contributed by atoms with van der Waals surface area (Å²) in [4.78, 5) is 27.5. The van der Waals surface area contributed by atoms with Gasteiger partial charge in [-0.25, -0.2) is 14.8 Å². The number of ether oxygens (including phenoxy) is 1. The van der Waals surface area contributed by atoms with Crippen LogP contribution in [0.3, 0.4) is 0 Å². The number of amides is 2. The Kier molecular flexibility index (Phi) is 5.90. The van der Waals surface area contributed by atoms with Crippen molar-refractivity contribution in [2.45, 2.75) is 19.4 Å². The number of nitrogens with zero attached hydrogens (tertiary/aromatic N) is 1. The molecule has 4 rings (SSSR count). The zero-order chi connectivity index (χ0) is 22.0. The molecule has 31 heavy (non-hydrogen) atoms. The monoisotopic (exact) mass is 424 g/mol. The highest BCUT2D eigenvalue weighted by Crippen LogP contribution is 2.32. The van der Waals surface area contributed by atoms with E-state index in [1.54, 1.807) is 19.1 Å². The largest absolute Gasteiger partial charge is 0.595 e. The fourth-order valence-electron chi connectivity index (χ4n) is 4.06. The van der Waals surface area contributed by atoms with E-state index in [9.17, 15) is 20.0 Å². The fourth-order valence-corrected chi connectivity index (χ4v) is 4.06. The number of hydrogen-bond acceptors (Lipinski definition) is 6. The molecule has 0 fully saturated rings. The van der Waals surface area contributed by atoms with Crippen LogP contribution in [0.4, 0.5) is 16.2 Å². The summed E-state index contributed by atoms with van der Waals surface area (Å²) in [7, 11) is 0. The van der Waals surface area contributed by atoms with Crippen LogP contribution in [0.1, 0.15) is 24.1 Å². The minimum Gasteiger partial charge on any atom is -0.595 e. The number of hydrogen-bond donors (Lipinski definition) is 4. The molecule has 0 aromatic heterocycles. The van der Waals surface area contributed by atoms with Crippen molar-refractivity contribution in [1.29, 1.82) is 0 Å². The van der Waals surface area contributed by atoms with E-state index in [1.807, 2.05) is 18.2 Å². The number of benzene rings is 2. The standard InChI is InChI=1S/C22H24N4O5/c1-2-31-21(27)19-17(13-25-11-10-14-6-3-4-9-18(14)25)23-22(28)24-20(19)15-7-5-8-16(12-15)26(29)30/h3-9,12,20,26,29H,2,10-11,13H2,1H3,(H2,23,24,28). The molecular formula is C22H24N4O5. The van der Waals surface area contributed by atoms with Crippen LogP contribution in [0.25, 0.3) is 0 Å². The zero-order valence-corrected chi connectivity index (χ0v) is 17.1. The molecule has 9 heteroatoms. The number of quaternary nitrogens is 1. The Hall–Kier alpha value is -3.40. The highest BCUT2D eigenvalue weighted by Gasteiger charge is 2.35. The Morgan fingerprint density at radius 1 is 1.29 bits per heavy atom. The maximum absolute atomic E-state index is 12.9. The first kappa shape index (κ1) is 20.9. The van der Waals surface area contributed by atoms with Gasteiger partial charge in [-0.2, -0.15) is 5.23 Å². The van der Waals surface area contributed by atoms with Crippen LogP contribution >= 0.6 is 0 Å². The Bertz CT molecular complexity index is 1040. The van der Waals surface area contributed by atoms with Gasteiger partial charge in [-0.15, -0.1) is 0 Å². The lowest BCUT2D eigenvalue weighted by Crippen LogP contribution is -2.99. The van der Waals surface area contributed by atoms with Crippen LogP contribution in [0.15, 0.2) is 59.8 Å². The molecule has 0 spiro atoms. The maximum atomic E-state index is 12.9. The van der Waals surface area contributed by atoms with Crippen molar-refractivity contribution in [1.82, 2.24) is 10.6 Å². The second kappa shape index (κ2) is 8.76. The van der Waals surface area contributed by atoms with E-state index < -0.39 is 23.3 Å². The summed E-state index contributed by atoms with van der Waals surface area (Å²) in [5.74, 6) is -0.553. The van der Waals surface area contributed by atoms with E-state index in [1.165, 1.54) is 17.7 Å². The van der Waals surface area contributed by atoms with Crippen molar-refractivity contribution in [3.05, 3.63) is 76.1 Å². The van der Waals surface area contributed by atoms with Crippen LogP contribution in [0.5, 0.6) is 0 Å². The smallest absolute Gasteiger partial charge is 0.338 e. The third-order valence-electron chi connectivity index (χ3n) is 5.45. The molecule has 2 aliphatic rings. The third kappa shape index (κ3) is 4.24. The van der Waals surface area contributed by atoms with Gasteiger partial charge in [0.25, 0.3) is 0 Å². The maximum Gasteiger partial charge on any atom is 0.338 e. The molecule has 2 aromatic carbocycles. The van der Waals surface area contributed by atoms with E-state index in [2.05, 4.69) is 21.6 Å². The molecule has 2 heterocycles. The van der Waals surface area contributed by atoms with Crippen molar-refractivity contribution in [2.24, 2.45) is 0 Å². The van der Waals surface area contributed by atoms with Crippen molar-refractivity contribution < 1.29 is 24.8 Å². The van der Waals surface area contributed by atoms with Gasteiger partial charge in [0.05, 0.1) is 30.5 Å². The molecule has 0 saturated carbocycles. The molecule has 4 N–H and O–H groups in total. The molecule has 0 saturated heterocycles. The van der Waals surface area contributed by atoms with Gasteiger partial charge in [0.15, 0.2) is 5.69 Å². The average Bonchev–Trinajstić information content (AvgIpc) is 3.16. The number of anilines is 1. The second-order valence-corrected chi connectivity index (χ2v) is 7.38. The highest BCUT2D eigenvalue weighted by atomic mass is 16.8. The number of fused-ring (bicyclic) bond motifs is 1. The first-order valence-electron chi connectivity index (χ1n) is 10.1. The number of rotatable bonds is 6. The van der Waals surface area contributed by atoms with Gasteiger partial charge >= 0.3 is 12.0 Å². The first-order valence-corrected chi connectivity index (χ1v) is 10.1. The lowest BCUT2D eigenvalue weighted by Gasteiger charge is -2.32. The third-order valence-corrected chi connectivity index (χ3v) is 5.45. The number of carbonyl (C=O) groups is 2. The normalized spacial score (nSPS) is 18.9. The number of esters is 1. The Labute approximate surface area is 179 Å². The van der Waals surface area contributed by atoms with Gasteiger partial charge in [0.1, 0.15) is 0 Å². The van der Waals surface area contributed by atoms with Crippen molar-refractivity contribution in [3.8, 4) is 0 Å². The topological polar surface area (TPSA) is 118 Å². The van der Waals surface area contributed by atoms with E-state index in [0.29, 0.717) is 17.8 Å². The molecule has 0 bridgehead atoms. The minimum atomic E-state index is -1.09. The molecule has 9 nitrogen and oxygen atoms in total. The zero-order valence-electron chi connectivity index (χ0n) is 17.1. The number of urea groups is 1. The molecule has 0 radical (unpaired) electrons. The highest BCUT2D eigenvalue weighted by molar-refractivity contribution is 5.95. The van der Waals surface area contributed by atoms with E-state index in [-0.39, 0.29) is 17.9 Å². The van der Waals surface area contributed by atoms with Gasteiger partial charge in [0, 0.05) is 24.4 Å². The predicted molar refractivity (Wildman–Crippen MR) is 113 cm³/mol. The lowest BCUT2D eigenvalue weighted by molar-refractivity contribution is -0.991. The van der Waals surface area contributed by atoms with E-state index in [4.69, 9.17) is 4.74 Å². The molecule has 0 aliphatic carbocycles. The fraction of sp³-hybridized carbons (Fsp3) is 0.273. The van der Waals surface area contributed by atoms with Crippen LogP contribution in [0, 0.1) is 5.21 Å². The predicted octanol–water partition coefficient (Wildman–Crippen LogP) is 1.32. The van der Waals surface area contributed by atoms with Gasteiger partial charge < -0.3 is 25.5 Å². The van der Waals surface area contributed by atoms with Crippen molar-refractivity contribution in [3.63, 3.8) is 0 Å². The molecule has 162 valence electrons. The molecular weight excluding hydrogens is 400 g/mol. The van der Waals surface area contributed by atoms with Crippen LogP contribution in [-0.2, 0) is 16.0 Å². The second-order valence-electron chi connectivity index (χ2n) is 7.38. The summed E-state index contributed by atoms with van der Waals surface area (Å²) in [5.41, 5.74) is 3.57. The molecule has 2 amide bonds. The van der Waals surface area contributed by atoms with Gasteiger partial charge in [-0.05, 0) is 30.5 Å². The van der Waals surface area contributed by atoms with E-state index >= 15 is 0 Å². The van der Waals surface area contributed by atoms with Crippen LogP contribution < -0.4 is 20.8 Å². The lowest BCUT2D eigenvalue weighted by atomic mass is 9.94. The first-order chi connectivity index (χ1) is 15.0. The minimum absolute atomic E-state index is 0.0727. The quantitative estimate of drug-likeness (QED) is 0.410. The Balaban J connectivity index is 1.75. The summed E-state index contributed by atoms with van der Waals surface area (Å²) in [6.07, 6.45) is 0.883. The van der Waals surface area contributed by atoms with E-state index in [0.717, 1.165) is 18.7 Å². The van der Waals surface area contributed by atoms with Crippen LogP contribution in [-0.4, -0.2) is 36.9 Å². The molecule has 2 unspecified atom stereocenters. The number of carbonyl (C=O) groups excluding carboxylic acids is 2. The van der Waals surface area contributed by atoms with Crippen LogP contribution in [0.2, 0.25) is 0 Å². The molecule has 2 aliphatic heterocycles. The summed E-state index contributed by atoms with van der Waals surface area (Å²) in [5, 5.41) is 25.2. The van der Waals surface area contributed by atoms with Crippen molar-refractivity contribution >= 4 is 23.4 Å². The molecule has 2 atom stereocenters. The summed E-state index contributed by atoms with van der Waals surface area (Å²) < 4.78 is 5.29. The van der Waals surface area contributed by atoms with Gasteiger partial charge in [0.2, 0.25) is 0 Å². The SMILES string of the molecule is CCOC(=O)C1=C(CN2CCc3ccccc32)NC(=O)NC1c1cccc([NH+]([O-])O)c1. The molecule has 2 aromatic rings. The summed E-state index contributed by atoms with van der Waals surface area (Å²) in [6, 6.07) is 13.0. The van der Waals surface area contributed by atoms with Crippen molar-refractivity contribution in [2.75, 3.05) is 24.6 Å². The summed E-state index contributed by atoms with van der Waals surface area (Å²) >= 11 is 0. The number of para-hydroxylation sites is 1. The Morgan fingerprint density at radius 3 is 2.87 bits per heavy atom.